The number of hydrogen-bond acceptors (Lipinski definition) is 2. The Hall–Kier alpha value is -0.600. The summed E-state index contributed by atoms with van der Waals surface area (Å²) in [4.78, 5) is 4.32. The van der Waals surface area contributed by atoms with Crippen molar-refractivity contribution in [2.24, 2.45) is 5.92 Å². The van der Waals surface area contributed by atoms with Gasteiger partial charge in [0.25, 0.3) is 0 Å². The van der Waals surface area contributed by atoms with Crippen molar-refractivity contribution in [3.63, 3.8) is 0 Å². The molecule has 1 aromatic rings. The average molecular weight is 213 g/mol. The maximum atomic E-state index is 6.10. The Morgan fingerprint density at radius 1 is 1.50 bits per heavy atom. The van der Waals surface area contributed by atoms with Gasteiger partial charge in [-0.2, -0.15) is 0 Å². The molecule has 1 heterocycles. The molecule has 0 radical (unpaired) electrons. The number of rotatable bonds is 4. The minimum atomic E-state index is 0.244. The third kappa shape index (κ3) is 2.69. The Balaban J connectivity index is 2.93. The molecule has 1 N–H and O–H groups in total. The largest absolute Gasteiger partial charge is 0.309 e. The summed E-state index contributed by atoms with van der Waals surface area (Å²) in [6, 6.07) is 3.99. The molecular formula is C11H17ClN2. The fraction of sp³-hybridized carbons (Fsp3) is 0.545. The smallest absolute Gasteiger partial charge is 0.0761 e. The lowest BCUT2D eigenvalue weighted by molar-refractivity contribution is 0.413. The van der Waals surface area contributed by atoms with Crippen molar-refractivity contribution in [2.75, 3.05) is 6.54 Å². The maximum absolute atomic E-state index is 6.10. The topological polar surface area (TPSA) is 24.9 Å². The zero-order valence-electron chi connectivity index (χ0n) is 8.92. The van der Waals surface area contributed by atoms with Gasteiger partial charge in [-0.05, 0) is 24.6 Å². The van der Waals surface area contributed by atoms with Gasteiger partial charge in [-0.3, -0.25) is 4.98 Å². The zero-order chi connectivity index (χ0) is 10.6. The van der Waals surface area contributed by atoms with Gasteiger partial charge in [-0.15, -0.1) is 0 Å². The van der Waals surface area contributed by atoms with Gasteiger partial charge >= 0.3 is 0 Å². The molecule has 2 nitrogen and oxygen atoms in total. The van der Waals surface area contributed by atoms with E-state index in [1.54, 1.807) is 6.20 Å². The second-order valence-corrected chi connectivity index (χ2v) is 4.06. The molecule has 1 atom stereocenters. The van der Waals surface area contributed by atoms with Crippen LogP contribution in [0.2, 0.25) is 5.02 Å². The minimum absolute atomic E-state index is 0.244. The lowest BCUT2D eigenvalue weighted by atomic mass is 10.0. The Morgan fingerprint density at radius 2 is 2.21 bits per heavy atom. The predicted octanol–water partition coefficient (Wildman–Crippen LogP) is 3.04. The van der Waals surface area contributed by atoms with E-state index in [1.807, 2.05) is 12.1 Å². The zero-order valence-corrected chi connectivity index (χ0v) is 9.67. The summed E-state index contributed by atoms with van der Waals surface area (Å²) < 4.78 is 0. The normalized spacial score (nSPS) is 13.2. The van der Waals surface area contributed by atoms with E-state index in [0.717, 1.165) is 17.3 Å². The van der Waals surface area contributed by atoms with Crippen LogP contribution in [0.15, 0.2) is 18.3 Å². The summed E-state index contributed by atoms with van der Waals surface area (Å²) in [7, 11) is 0. The number of pyridine rings is 1. The molecule has 0 aromatic carbocycles. The Labute approximate surface area is 90.7 Å². The van der Waals surface area contributed by atoms with Crippen molar-refractivity contribution in [3.8, 4) is 0 Å². The van der Waals surface area contributed by atoms with Crippen LogP contribution < -0.4 is 5.32 Å². The Kier molecular flexibility index (Phi) is 4.36. The summed E-state index contributed by atoms with van der Waals surface area (Å²) in [5, 5.41) is 4.13. The third-order valence-electron chi connectivity index (χ3n) is 2.17. The monoisotopic (exact) mass is 212 g/mol. The molecule has 0 aliphatic rings. The van der Waals surface area contributed by atoms with Gasteiger partial charge < -0.3 is 5.32 Å². The van der Waals surface area contributed by atoms with Crippen LogP contribution in [0, 0.1) is 5.92 Å². The standard InChI is InChI=1S/C11H17ClN2/c1-4-13-10(8(2)3)11-9(12)6-5-7-14-11/h5-8,10,13H,4H2,1-3H3. The van der Waals surface area contributed by atoms with E-state index < -0.39 is 0 Å². The molecule has 14 heavy (non-hydrogen) atoms. The third-order valence-corrected chi connectivity index (χ3v) is 2.49. The molecule has 1 aromatic heterocycles. The lowest BCUT2D eigenvalue weighted by Crippen LogP contribution is -2.26. The molecule has 0 fully saturated rings. The highest BCUT2D eigenvalue weighted by atomic mass is 35.5. The molecule has 0 bridgehead atoms. The van der Waals surface area contributed by atoms with E-state index in [2.05, 4.69) is 31.1 Å². The van der Waals surface area contributed by atoms with Crippen molar-refractivity contribution in [1.29, 1.82) is 0 Å². The molecule has 1 rings (SSSR count). The first kappa shape index (κ1) is 11.5. The number of nitrogens with zero attached hydrogens (tertiary/aromatic N) is 1. The molecule has 1 unspecified atom stereocenters. The van der Waals surface area contributed by atoms with Crippen LogP contribution in [0.5, 0.6) is 0 Å². The minimum Gasteiger partial charge on any atom is -0.309 e. The number of hydrogen-bond donors (Lipinski definition) is 1. The molecule has 0 amide bonds. The molecular weight excluding hydrogens is 196 g/mol. The fourth-order valence-electron chi connectivity index (χ4n) is 1.49. The van der Waals surface area contributed by atoms with Gasteiger partial charge in [0.2, 0.25) is 0 Å². The SMILES string of the molecule is CCNC(c1ncccc1Cl)C(C)C. The van der Waals surface area contributed by atoms with E-state index in [0.29, 0.717) is 5.92 Å². The summed E-state index contributed by atoms with van der Waals surface area (Å²) >= 11 is 6.10. The first-order valence-corrected chi connectivity index (χ1v) is 5.38. The number of aromatic nitrogens is 1. The van der Waals surface area contributed by atoms with E-state index in [1.165, 1.54) is 0 Å². The maximum Gasteiger partial charge on any atom is 0.0761 e. The van der Waals surface area contributed by atoms with E-state index in [-0.39, 0.29) is 6.04 Å². The van der Waals surface area contributed by atoms with Gasteiger partial charge in [0, 0.05) is 6.20 Å². The summed E-state index contributed by atoms with van der Waals surface area (Å²) in [5.41, 5.74) is 0.950. The van der Waals surface area contributed by atoms with Crippen LogP contribution in [-0.4, -0.2) is 11.5 Å². The number of halogens is 1. The summed E-state index contributed by atoms with van der Waals surface area (Å²) in [6.07, 6.45) is 1.79. The van der Waals surface area contributed by atoms with Gasteiger partial charge in [-0.25, -0.2) is 0 Å². The van der Waals surface area contributed by atoms with E-state index >= 15 is 0 Å². The van der Waals surface area contributed by atoms with E-state index in [9.17, 15) is 0 Å². The summed E-state index contributed by atoms with van der Waals surface area (Å²) in [6.45, 7) is 7.35. The highest BCUT2D eigenvalue weighted by Crippen LogP contribution is 2.25. The molecule has 3 heteroatoms. The van der Waals surface area contributed by atoms with Crippen molar-refractivity contribution in [2.45, 2.75) is 26.8 Å². The van der Waals surface area contributed by atoms with Crippen molar-refractivity contribution in [3.05, 3.63) is 29.0 Å². The number of nitrogens with one attached hydrogen (secondary N) is 1. The Bertz CT molecular complexity index is 286. The van der Waals surface area contributed by atoms with Crippen LogP contribution in [0.1, 0.15) is 32.5 Å². The highest BCUT2D eigenvalue weighted by molar-refractivity contribution is 6.31. The first-order valence-electron chi connectivity index (χ1n) is 5.00. The van der Waals surface area contributed by atoms with E-state index in [4.69, 9.17) is 11.6 Å². The fourth-order valence-corrected chi connectivity index (χ4v) is 1.73. The van der Waals surface area contributed by atoms with Crippen LogP contribution in [0.25, 0.3) is 0 Å². The molecule has 0 aliphatic heterocycles. The predicted molar refractivity (Wildman–Crippen MR) is 60.5 cm³/mol. The first-order chi connectivity index (χ1) is 6.66. The van der Waals surface area contributed by atoms with Crippen molar-refractivity contribution in [1.82, 2.24) is 10.3 Å². The summed E-state index contributed by atoms with van der Waals surface area (Å²) in [5.74, 6) is 0.488. The van der Waals surface area contributed by atoms with Gasteiger partial charge in [0.05, 0.1) is 16.8 Å². The second-order valence-electron chi connectivity index (χ2n) is 3.65. The molecule has 0 spiro atoms. The van der Waals surface area contributed by atoms with Crippen LogP contribution in [0.3, 0.4) is 0 Å². The Morgan fingerprint density at radius 3 is 2.71 bits per heavy atom. The lowest BCUT2D eigenvalue weighted by Gasteiger charge is -2.21. The van der Waals surface area contributed by atoms with Gasteiger partial charge in [0.1, 0.15) is 0 Å². The van der Waals surface area contributed by atoms with Crippen LogP contribution >= 0.6 is 11.6 Å². The molecule has 0 saturated heterocycles. The van der Waals surface area contributed by atoms with Crippen molar-refractivity contribution >= 4 is 11.6 Å². The molecule has 78 valence electrons. The van der Waals surface area contributed by atoms with Crippen molar-refractivity contribution < 1.29 is 0 Å². The average Bonchev–Trinajstić information content (AvgIpc) is 2.15. The second kappa shape index (κ2) is 5.32. The molecule has 0 aliphatic carbocycles. The van der Waals surface area contributed by atoms with Gasteiger partial charge in [-0.1, -0.05) is 32.4 Å². The quantitative estimate of drug-likeness (QED) is 0.830. The van der Waals surface area contributed by atoms with Crippen LogP contribution in [0.4, 0.5) is 0 Å². The molecule has 0 saturated carbocycles. The van der Waals surface area contributed by atoms with Crippen LogP contribution in [-0.2, 0) is 0 Å². The highest BCUT2D eigenvalue weighted by Gasteiger charge is 2.18. The van der Waals surface area contributed by atoms with Gasteiger partial charge in [0.15, 0.2) is 0 Å².